The fraction of sp³-hybridized carbons (Fsp3) is 0.500. The van der Waals surface area contributed by atoms with Gasteiger partial charge in [0.2, 0.25) is 0 Å². The molecular weight excluding hydrogens is 229 g/mol. The summed E-state index contributed by atoms with van der Waals surface area (Å²) in [5.74, 6) is -1.21. The second-order valence-corrected chi connectivity index (χ2v) is 3.27. The molecule has 1 aromatic rings. The van der Waals surface area contributed by atoms with Gasteiger partial charge in [0, 0.05) is 6.07 Å². The minimum atomic E-state index is -4.30. The number of carboxylic acids is 1. The van der Waals surface area contributed by atoms with E-state index in [1.165, 1.54) is 7.05 Å². The van der Waals surface area contributed by atoms with E-state index in [4.69, 9.17) is 5.11 Å². The van der Waals surface area contributed by atoms with Crippen LogP contribution in [0.15, 0.2) is 10.6 Å². The lowest BCUT2D eigenvalue weighted by molar-refractivity contribution is -0.144. The van der Waals surface area contributed by atoms with Crippen LogP contribution in [0.25, 0.3) is 0 Å². The Kier molecular flexibility index (Phi) is 3.53. The van der Waals surface area contributed by atoms with E-state index in [2.05, 4.69) is 9.68 Å². The Morgan fingerprint density at radius 2 is 2.25 bits per heavy atom. The number of carbonyl (C=O) groups is 1. The minimum Gasteiger partial charge on any atom is -0.476 e. The first-order valence-electron chi connectivity index (χ1n) is 4.22. The van der Waals surface area contributed by atoms with Gasteiger partial charge in [0.25, 0.3) is 0 Å². The molecule has 0 saturated carbocycles. The number of aromatic carboxylic acids is 1. The van der Waals surface area contributed by atoms with Crippen molar-refractivity contribution in [2.24, 2.45) is 0 Å². The molecule has 0 fully saturated rings. The Morgan fingerprint density at radius 1 is 1.62 bits per heavy atom. The summed E-state index contributed by atoms with van der Waals surface area (Å²) in [6, 6.07) is 1.09. The maximum Gasteiger partial charge on any atom is 0.401 e. The van der Waals surface area contributed by atoms with Gasteiger partial charge >= 0.3 is 12.1 Å². The molecule has 1 aromatic heterocycles. The third-order valence-corrected chi connectivity index (χ3v) is 1.65. The molecule has 90 valence electrons. The Hall–Kier alpha value is -1.57. The number of aromatic nitrogens is 1. The summed E-state index contributed by atoms with van der Waals surface area (Å²) in [5, 5.41) is 11.7. The van der Waals surface area contributed by atoms with Crippen molar-refractivity contribution < 1.29 is 27.6 Å². The van der Waals surface area contributed by atoms with Crippen LogP contribution in [0, 0.1) is 0 Å². The van der Waals surface area contributed by atoms with E-state index in [0.717, 1.165) is 11.0 Å². The van der Waals surface area contributed by atoms with Gasteiger partial charge in [-0.2, -0.15) is 13.2 Å². The molecule has 0 saturated heterocycles. The second-order valence-electron chi connectivity index (χ2n) is 3.27. The molecule has 0 aliphatic rings. The zero-order valence-electron chi connectivity index (χ0n) is 8.28. The Balaban J connectivity index is 2.56. The summed E-state index contributed by atoms with van der Waals surface area (Å²) in [6.07, 6.45) is -4.30. The molecule has 0 amide bonds. The number of alkyl halides is 3. The Bertz CT molecular complexity index is 375. The molecule has 1 heterocycles. The predicted molar refractivity (Wildman–Crippen MR) is 45.9 cm³/mol. The largest absolute Gasteiger partial charge is 0.476 e. The second kappa shape index (κ2) is 4.52. The molecule has 0 radical (unpaired) electrons. The number of carboxylic acid groups (broad SMARTS) is 1. The fourth-order valence-electron chi connectivity index (χ4n) is 1.12. The summed E-state index contributed by atoms with van der Waals surface area (Å²) >= 11 is 0. The molecule has 0 aliphatic carbocycles. The van der Waals surface area contributed by atoms with Crippen molar-refractivity contribution in [1.29, 1.82) is 0 Å². The molecule has 5 nitrogen and oxygen atoms in total. The number of nitrogens with zero attached hydrogens (tertiary/aromatic N) is 2. The average molecular weight is 238 g/mol. The lowest BCUT2D eigenvalue weighted by atomic mass is 10.3. The number of hydrogen-bond donors (Lipinski definition) is 1. The highest BCUT2D eigenvalue weighted by atomic mass is 19.4. The zero-order chi connectivity index (χ0) is 12.3. The molecule has 0 unspecified atom stereocenters. The quantitative estimate of drug-likeness (QED) is 0.857. The van der Waals surface area contributed by atoms with Crippen molar-refractivity contribution in [3.05, 3.63) is 17.5 Å². The summed E-state index contributed by atoms with van der Waals surface area (Å²) in [4.78, 5) is 11.4. The monoisotopic (exact) mass is 238 g/mol. The summed E-state index contributed by atoms with van der Waals surface area (Å²) < 4.78 is 40.5. The molecule has 16 heavy (non-hydrogen) atoms. The topological polar surface area (TPSA) is 66.6 Å². The average Bonchev–Trinajstić information content (AvgIpc) is 2.48. The minimum absolute atomic E-state index is 0.0733. The van der Waals surface area contributed by atoms with Gasteiger partial charge in [0.15, 0.2) is 11.5 Å². The first-order chi connectivity index (χ1) is 7.28. The molecular formula is C8H9F3N2O3. The van der Waals surface area contributed by atoms with E-state index in [1.54, 1.807) is 0 Å². The van der Waals surface area contributed by atoms with E-state index < -0.39 is 18.7 Å². The van der Waals surface area contributed by atoms with Crippen molar-refractivity contribution in [1.82, 2.24) is 10.1 Å². The summed E-state index contributed by atoms with van der Waals surface area (Å²) in [7, 11) is 1.25. The van der Waals surface area contributed by atoms with Crippen molar-refractivity contribution >= 4 is 5.97 Å². The molecule has 0 bridgehead atoms. The van der Waals surface area contributed by atoms with E-state index in [1.807, 2.05) is 0 Å². The smallest absolute Gasteiger partial charge is 0.401 e. The Labute approximate surface area is 88.4 Å². The zero-order valence-corrected chi connectivity index (χ0v) is 8.28. The molecule has 0 aromatic carbocycles. The molecule has 1 N–H and O–H groups in total. The van der Waals surface area contributed by atoms with Crippen LogP contribution in [-0.4, -0.2) is 40.9 Å². The van der Waals surface area contributed by atoms with Gasteiger partial charge in [0.05, 0.1) is 13.1 Å². The van der Waals surface area contributed by atoms with Gasteiger partial charge < -0.3 is 9.63 Å². The van der Waals surface area contributed by atoms with E-state index in [-0.39, 0.29) is 18.0 Å². The first kappa shape index (κ1) is 12.5. The highest BCUT2D eigenvalue weighted by Crippen LogP contribution is 2.17. The Morgan fingerprint density at radius 3 is 2.69 bits per heavy atom. The number of rotatable bonds is 4. The van der Waals surface area contributed by atoms with Gasteiger partial charge in [0.1, 0.15) is 0 Å². The highest BCUT2D eigenvalue weighted by Gasteiger charge is 2.29. The van der Waals surface area contributed by atoms with Crippen LogP contribution in [0.2, 0.25) is 0 Å². The third kappa shape index (κ3) is 3.89. The SMILES string of the molecule is CN(Cc1cc(C(=O)O)no1)CC(F)(F)F. The molecule has 0 aliphatic heterocycles. The van der Waals surface area contributed by atoms with Crippen molar-refractivity contribution in [3.63, 3.8) is 0 Å². The summed E-state index contributed by atoms with van der Waals surface area (Å²) in [6.45, 7) is -1.25. The van der Waals surface area contributed by atoms with Gasteiger partial charge in [-0.05, 0) is 7.05 Å². The van der Waals surface area contributed by atoms with Crippen molar-refractivity contribution in [3.8, 4) is 0 Å². The van der Waals surface area contributed by atoms with E-state index in [0.29, 0.717) is 0 Å². The van der Waals surface area contributed by atoms with Crippen LogP contribution >= 0.6 is 0 Å². The third-order valence-electron chi connectivity index (χ3n) is 1.65. The van der Waals surface area contributed by atoms with Gasteiger partial charge in [-0.3, -0.25) is 4.90 Å². The molecule has 0 atom stereocenters. The summed E-state index contributed by atoms with van der Waals surface area (Å²) in [5.41, 5.74) is -0.324. The van der Waals surface area contributed by atoms with Crippen LogP contribution < -0.4 is 0 Å². The molecule has 1 rings (SSSR count). The van der Waals surface area contributed by atoms with Crippen molar-refractivity contribution in [2.75, 3.05) is 13.6 Å². The lowest BCUT2D eigenvalue weighted by Gasteiger charge is -2.16. The standard InChI is InChI=1S/C8H9F3N2O3/c1-13(4-8(9,10)11)3-5-2-6(7(14)15)12-16-5/h2H,3-4H2,1H3,(H,14,15). The normalized spacial score (nSPS) is 12.1. The number of hydrogen-bond acceptors (Lipinski definition) is 4. The van der Waals surface area contributed by atoms with Crippen LogP contribution in [0.1, 0.15) is 16.2 Å². The fourth-order valence-corrected chi connectivity index (χ4v) is 1.12. The van der Waals surface area contributed by atoms with Gasteiger partial charge in [-0.15, -0.1) is 0 Å². The maximum absolute atomic E-state index is 12.0. The van der Waals surface area contributed by atoms with Crippen LogP contribution in [-0.2, 0) is 6.54 Å². The lowest BCUT2D eigenvalue weighted by Crippen LogP contribution is -2.30. The first-order valence-corrected chi connectivity index (χ1v) is 4.22. The van der Waals surface area contributed by atoms with Crippen LogP contribution in [0.4, 0.5) is 13.2 Å². The van der Waals surface area contributed by atoms with Crippen molar-refractivity contribution in [2.45, 2.75) is 12.7 Å². The molecule has 0 spiro atoms. The number of halogens is 3. The maximum atomic E-state index is 12.0. The van der Waals surface area contributed by atoms with Gasteiger partial charge in [-0.1, -0.05) is 5.16 Å². The van der Waals surface area contributed by atoms with Crippen LogP contribution in [0.3, 0.4) is 0 Å². The highest BCUT2D eigenvalue weighted by molar-refractivity contribution is 5.85. The van der Waals surface area contributed by atoms with E-state index >= 15 is 0 Å². The van der Waals surface area contributed by atoms with E-state index in [9.17, 15) is 18.0 Å². The predicted octanol–water partition coefficient (Wildman–Crippen LogP) is 1.37. The molecule has 8 heteroatoms. The van der Waals surface area contributed by atoms with Gasteiger partial charge in [-0.25, -0.2) is 4.79 Å². The van der Waals surface area contributed by atoms with Crippen LogP contribution in [0.5, 0.6) is 0 Å².